The van der Waals surface area contributed by atoms with Crippen LogP contribution >= 0.6 is 0 Å². The molecule has 0 amide bonds. The van der Waals surface area contributed by atoms with E-state index in [1.54, 1.807) is 0 Å². The van der Waals surface area contributed by atoms with Crippen LogP contribution in [0.25, 0.3) is 0 Å². The van der Waals surface area contributed by atoms with Gasteiger partial charge in [0, 0.05) is 6.04 Å². The Labute approximate surface area is 154 Å². The summed E-state index contributed by atoms with van der Waals surface area (Å²) in [6.45, 7) is 6.00. The van der Waals surface area contributed by atoms with Gasteiger partial charge in [-0.2, -0.15) is 0 Å². The summed E-state index contributed by atoms with van der Waals surface area (Å²) in [4.78, 5) is 0. The third kappa shape index (κ3) is 4.19. The Kier molecular flexibility index (Phi) is 7.34. The maximum Gasteiger partial charge on any atom is 0.286 e. The number of hydrogen-bond donors (Lipinski definition) is 1. The summed E-state index contributed by atoms with van der Waals surface area (Å²) in [7, 11) is 6.30. The van der Waals surface area contributed by atoms with Gasteiger partial charge in [-0.15, -0.1) is 0 Å². The van der Waals surface area contributed by atoms with Crippen molar-refractivity contribution in [1.29, 1.82) is 0 Å². The zero-order chi connectivity index (χ0) is 18.3. The van der Waals surface area contributed by atoms with Crippen molar-refractivity contribution in [3.63, 3.8) is 0 Å². The van der Waals surface area contributed by atoms with Crippen LogP contribution in [-0.2, 0) is 10.3 Å². The summed E-state index contributed by atoms with van der Waals surface area (Å²) in [6.07, 6.45) is 2.87. The van der Waals surface area contributed by atoms with Gasteiger partial charge < -0.3 is 10.4 Å². The Balaban J connectivity index is 0.00000109. The molecule has 130 valence electrons. The van der Waals surface area contributed by atoms with E-state index in [0.29, 0.717) is 0 Å². The zero-order valence-electron chi connectivity index (χ0n) is 15.7. The van der Waals surface area contributed by atoms with Gasteiger partial charge in [0.25, 0.3) is 6.92 Å². The second-order valence-corrected chi connectivity index (χ2v) is 6.49. The quantitative estimate of drug-likeness (QED) is 0.815. The number of hydrogen-bond acceptors (Lipinski definition) is 2. The molecule has 2 aromatic carbocycles. The number of rotatable bonds is 2. The van der Waals surface area contributed by atoms with E-state index >= 15 is 0 Å². The van der Waals surface area contributed by atoms with Crippen molar-refractivity contribution < 1.29 is 4.65 Å². The lowest BCUT2D eigenvalue weighted by Gasteiger charge is -2.44. The van der Waals surface area contributed by atoms with E-state index in [1.807, 2.05) is 50.2 Å². The molecule has 25 heavy (non-hydrogen) atoms. The van der Waals surface area contributed by atoms with E-state index in [0.717, 1.165) is 30.4 Å². The monoisotopic (exact) mass is 333 g/mol. The lowest BCUT2D eigenvalue weighted by molar-refractivity contribution is 0.0677. The van der Waals surface area contributed by atoms with E-state index in [2.05, 4.69) is 31.1 Å². The SMILES string of the molecule is CC.[B][C@H]1CCC[C@H](N)C(c2ccccc2)(c2ccccc2)OB1C. The highest BCUT2D eigenvalue weighted by Crippen LogP contribution is 2.41. The van der Waals surface area contributed by atoms with Gasteiger partial charge in [0.05, 0.1) is 7.85 Å². The third-order valence-corrected chi connectivity index (χ3v) is 4.95. The van der Waals surface area contributed by atoms with Crippen LogP contribution in [-0.4, -0.2) is 20.8 Å². The maximum atomic E-state index is 6.69. The highest BCUT2D eigenvalue weighted by molar-refractivity contribution is 6.61. The smallest absolute Gasteiger partial charge is 0.286 e. The highest BCUT2D eigenvalue weighted by Gasteiger charge is 2.44. The van der Waals surface area contributed by atoms with Gasteiger partial charge in [0.2, 0.25) is 0 Å². The van der Waals surface area contributed by atoms with Crippen LogP contribution in [0, 0.1) is 0 Å². The molecule has 2 nitrogen and oxygen atoms in total. The topological polar surface area (TPSA) is 35.2 Å². The summed E-state index contributed by atoms with van der Waals surface area (Å²) in [5, 5.41) is 0. The standard InChI is InChI=1S/C19H23B2NO.C2H6/c1-21-18(20)14-8-13-17(22)19(23-21,15-9-4-2-5-10-15)16-11-6-3-7-12-16;1-2/h2-7,9-12,17-18H,8,13-14,22H2,1H3;1-2H3/t17-,18+;/m0./s1. The minimum absolute atomic E-state index is 0.0364. The lowest BCUT2D eigenvalue weighted by atomic mass is 9.47. The highest BCUT2D eigenvalue weighted by atomic mass is 16.5. The molecule has 4 heteroatoms. The summed E-state index contributed by atoms with van der Waals surface area (Å²) in [5.74, 6) is 0. The fraction of sp³-hybridized carbons (Fsp3) is 0.429. The molecule has 1 fully saturated rings. The van der Waals surface area contributed by atoms with E-state index in [9.17, 15) is 0 Å². The van der Waals surface area contributed by atoms with Crippen molar-refractivity contribution in [2.75, 3.05) is 0 Å². The van der Waals surface area contributed by atoms with Crippen molar-refractivity contribution in [3.8, 4) is 0 Å². The average Bonchev–Trinajstić information content (AvgIpc) is 2.68. The fourth-order valence-corrected chi connectivity index (χ4v) is 3.58. The van der Waals surface area contributed by atoms with Gasteiger partial charge in [-0.3, -0.25) is 0 Å². The molecule has 2 atom stereocenters. The van der Waals surface area contributed by atoms with Gasteiger partial charge in [-0.05, 0) is 17.5 Å². The molecule has 0 saturated carbocycles. The molecule has 1 aliphatic heterocycles. The van der Waals surface area contributed by atoms with Crippen molar-refractivity contribution in [3.05, 3.63) is 71.8 Å². The summed E-state index contributed by atoms with van der Waals surface area (Å²) in [5.41, 5.74) is 8.27. The molecule has 0 unspecified atom stereocenters. The van der Waals surface area contributed by atoms with Crippen LogP contribution in [0.2, 0.25) is 12.5 Å². The minimum atomic E-state index is -0.653. The first-order valence-corrected chi connectivity index (χ1v) is 9.44. The second kappa shape index (κ2) is 9.26. The first-order chi connectivity index (χ1) is 12.1. The lowest BCUT2D eigenvalue weighted by Crippen LogP contribution is -2.52. The van der Waals surface area contributed by atoms with Crippen LogP contribution in [0.1, 0.15) is 44.2 Å². The Morgan fingerprint density at radius 1 is 0.960 bits per heavy atom. The molecule has 2 N–H and O–H groups in total. The van der Waals surface area contributed by atoms with E-state index in [4.69, 9.17) is 18.2 Å². The van der Waals surface area contributed by atoms with Crippen molar-refractivity contribution >= 4 is 14.8 Å². The predicted molar refractivity (Wildman–Crippen MR) is 109 cm³/mol. The molecule has 1 aliphatic rings. The molecule has 0 aromatic heterocycles. The Morgan fingerprint density at radius 2 is 1.44 bits per heavy atom. The molecule has 1 saturated heterocycles. The zero-order valence-corrected chi connectivity index (χ0v) is 15.7. The summed E-state index contributed by atoms with van der Waals surface area (Å²) >= 11 is 0. The number of benzene rings is 2. The van der Waals surface area contributed by atoms with Crippen LogP contribution in [0.3, 0.4) is 0 Å². The largest absolute Gasteiger partial charge is 0.423 e. The Hall–Kier alpha value is -1.51. The van der Waals surface area contributed by atoms with Crippen LogP contribution in [0.4, 0.5) is 0 Å². The first kappa shape index (κ1) is 19.8. The maximum absolute atomic E-state index is 6.69. The van der Waals surface area contributed by atoms with E-state index in [-0.39, 0.29) is 18.7 Å². The molecular weight excluding hydrogens is 304 g/mol. The average molecular weight is 333 g/mol. The molecule has 0 bridgehead atoms. The van der Waals surface area contributed by atoms with Gasteiger partial charge in [0.1, 0.15) is 5.60 Å². The first-order valence-electron chi connectivity index (χ1n) is 9.44. The molecule has 2 radical (unpaired) electrons. The third-order valence-electron chi connectivity index (χ3n) is 4.95. The fourth-order valence-electron chi connectivity index (χ4n) is 3.58. The van der Waals surface area contributed by atoms with E-state index < -0.39 is 5.60 Å². The van der Waals surface area contributed by atoms with Crippen LogP contribution < -0.4 is 5.73 Å². The van der Waals surface area contributed by atoms with Crippen molar-refractivity contribution in [1.82, 2.24) is 0 Å². The van der Waals surface area contributed by atoms with Crippen LogP contribution in [0.15, 0.2) is 60.7 Å². The molecule has 0 aliphatic carbocycles. The Morgan fingerprint density at radius 3 is 1.92 bits per heavy atom. The van der Waals surface area contributed by atoms with Crippen molar-refractivity contribution in [2.45, 2.75) is 57.3 Å². The van der Waals surface area contributed by atoms with Crippen molar-refractivity contribution in [2.24, 2.45) is 5.73 Å². The van der Waals surface area contributed by atoms with E-state index in [1.165, 1.54) is 0 Å². The second-order valence-electron chi connectivity index (χ2n) is 6.49. The summed E-state index contributed by atoms with van der Waals surface area (Å²) in [6, 6.07) is 20.5. The molecule has 2 aromatic rings. The van der Waals surface area contributed by atoms with Gasteiger partial charge in [-0.25, -0.2) is 0 Å². The minimum Gasteiger partial charge on any atom is -0.423 e. The molecule has 1 heterocycles. The number of nitrogens with two attached hydrogens (primary N) is 1. The predicted octanol–water partition coefficient (Wildman–Crippen LogP) is 4.60. The van der Waals surface area contributed by atoms with Gasteiger partial charge >= 0.3 is 0 Å². The normalized spacial score (nSPS) is 23.0. The van der Waals surface area contributed by atoms with Gasteiger partial charge in [-0.1, -0.05) is 99.9 Å². The molecular formula is C21H29B2NO. The molecule has 3 rings (SSSR count). The summed E-state index contributed by atoms with van der Waals surface area (Å²) < 4.78 is 6.63. The molecule has 0 spiro atoms. The van der Waals surface area contributed by atoms with Crippen LogP contribution in [0.5, 0.6) is 0 Å². The van der Waals surface area contributed by atoms with Gasteiger partial charge in [0.15, 0.2) is 0 Å². The Bertz CT molecular complexity index is 581.